The van der Waals surface area contributed by atoms with Crippen molar-refractivity contribution in [3.05, 3.63) is 54.2 Å². The van der Waals surface area contributed by atoms with Gasteiger partial charge in [-0.15, -0.1) is 0 Å². The van der Waals surface area contributed by atoms with Crippen molar-refractivity contribution in [2.75, 3.05) is 6.54 Å². The first-order valence-corrected chi connectivity index (χ1v) is 6.17. The number of pyridine rings is 1. The molecule has 2 rings (SSSR count). The summed E-state index contributed by atoms with van der Waals surface area (Å²) < 4.78 is 0. The third-order valence-electron chi connectivity index (χ3n) is 2.73. The molecule has 98 valence electrons. The Labute approximate surface area is 113 Å². The van der Waals surface area contributed by atoms with Gasteiger partial charge in [-0.05, 0) is 24.6 Å². The Morgan fingerprint density at radius 3 is 2.95 bits per heavy atom. The van der Waals surface area contributed by atoms with Gasteiger partial charge in [-0.2, -0.15) is 0 Å². The third kappa shape index (κ3) is 3.55. The Morgan fingerprint density at radius 1 is 1.37 bits per heavy atom. The topological polar surface area (TPSA) is 63.3 Å². The van der Waals surface area contributed by atoms with E-state index in [2.05, 4.69) is 21.9 Å². The monoisotopic (exact) mass is 254 g/mol. The Hall–Kier alpha value is -2.36. The predicted octanol–water partition coefficient (Wildman–Crippen LogP) is 2.22. The van der Waals surface area contributed by atoms with Crippen LogP contribution >= 0.6 is 0 Å². The largest absolute Gasteiger partial charge is 0.370 e. The molecule has 2 aromatic rings. The standard InChI is InChI=1S/C15H18N4/c1-11(2)9-18-15(16)19-10-12-7-8-17-14-6-4-3-5-13(12)14/h3-8H,1,9-10H2,2H3,(H3,16,18,19). The summed E-state index contributed by atoms with van der Waals surface area (Å²) in [6.07, 6.45) is 1.80. The number of para-hydroxylation sites is 1. The predicted molar refractivity (Wildman–Crippen MR) is 79.9 cm³/mol. The smallest absolute Gasteiger partial charge is 0.189 e. The zero-order valence-corrected chi connectivity index (χ0v) is 11.1. The number of rotatable bonds is 4. The molecule has 0 atom stereocenters. The lowest BCUT2D eigenvalue weighted by Gasteiger charge is -2.06. The maximum absolute atomic E-state index is 5.80. The number of nitrogens with two attached hydrogens (primary N) is 1. The molecule has 1 aromatic carbocycles. The molecular formula is C15H18N4. The van der Waals surface area contributed by atoms with Crippen molar-refractivity contribution in [1.29, 1.82) is 0 Å². The van der Waals surface area contributed by atoms with Crippen molar-refractivity contribution in [2.45, 2.75) is 13.5 Å². The third-order valence-corrected chi connectivity index (χ3v) is 2.73. The molecule has 19 heavy (non-hydrogen) atoms. The molecule has 0 aliphatic heterocycles. The van der Waals surface area contributed by atoms with Crippen molar-refractivity contribution in [3.63, 3.8) is 0 Å². The number of hydrogen-bond donors (Lipinski definition) is 2. The molecule has 0 spiro atoms. The summed E-state index contributed by atoms with van der Waals surface area (Å²) in [7, 11) is 0. The molecule has 0 unspecified atom stereocenters. The Kier molecular flexibility index (Phi) is 4.13. The summed E-state index contributed by atoms with van der Waals surface area (Å²) in [6.45, 7) is 6.93. The summed E-state index contributed by atoms with van der Waals surface area (Å²) >= 11 is 0. The summed E-state index contributed by atoms with van der Waals surface area (Å²) in [5.74, 6) is 0.434. The first-order valence-electron chi connectivity index (χ1n) is 6.17. The summed E-state index contributed by atoms with van der Waals surface area (Å²) in [5, 5.41) is 4.13. The number of aromatic nitrogens is 1. The molecule has 4 nitrogen and oxygen atoms in total. The molecule has 0 fully saturated rings. The number of guanidine groups is 1. The lowest BCUT2D eigenvalue weighted by molar-refractivity contribution is 0.942. The molecule has 0 aliphatic rings. The van der Waals surface area contributed by atoms with E-state index < -0.39 is 0 Å². The van der Waals surface area contributed by atoms with Gasteiger partial charge in [0.2, 0.25) is 0 Å². The van der Waals surface area contributed by atoms with Crippen molar-refractivity contribution >= 4 is 16.9 Å². The number of nitrogens with one attached hydrogen (secondary N) is 1. The van der Waals surface area contributed by atoms with Crippen molar-refractivity contribution in [3.8, 4) is 0 Å². The van der Waals surface area contributed by atoms with Gasteiger partial charge in [-0.25, -0.2) is 4.99 Å². The number of aliphatic imine (C=N–C) groups is 1. The van der Waals surface area contributed by atoms with Crippen LogP contribution in [0.4, 0.5) is 0 Å². The minimum atomic E-state index is 0.434. The Bertz CT molecular complexity index is 611. The van der Waals surface area contributed by atoms with Crippen LogP contribution in [0, 0.1) is 0 Å². The zero-order chi connectivity index (χ0) is 13.7. The minimum absolute atomic E-state index is 0.434. The van der Waals surface area contributed by atoms with E-state index in [1.165, 1.54) is 0 Å². The van der Waals surface area contributed by atoms with E-state index in [1.54, 1.807) is 6.20 Å². The van der Waals surface area contributed by atoms with Crippen LogP contribution in [0.15, 0.2) is 53.7 Å². The van der Waals surface area contributed by atoms with Gasteiger partial charge in [-0.3, -0.25) is 4.98 Å². The van der Waals surface area contributed by atoms with Crippen LogP contribution in [-0.2, 0) is 6.54 Å². The Morgan fingerprint density at radius 2 is 2.16 bits per heavy atom. The highest BCUT2D eigenvalue weighted by Crippen LogP contribution is 2.16. The van der Waals surface area contributed by atoms with Gasteiger partial charge in [-0.1, -0.05) is 30.4 Å². The molecular weight excluding hydrogens is 236 g/mol. The molecule has 0 bridgehead atoms. The van der Waals surface area contributed by atoms with Gasteiger partial charge in [0.15, 0.2) is 5.96 Å². The molecule has 0 saturated carbocycles. The fourth-order valence-electron chi connectivity index (χ4n) is 1.76. The van der Waals surface area contributed by atoms with Crippen LogP contribution in [0.3, 0.4) is 0 Å². The first kappa shape index (κ1) is 13.1. The van der Waals surface area contributed by atoms with Gasteiger partial charge in [0.25, 0.3) is 0 Å². The molecule has 0 radical (unpaired) electrons. The van der Waals surface area contributed by atoms with Gasteiger partial charge < -0.3 is 11.1 Å². The van der Waals surface area contributed by atoms with Gasteiger partial charge in [0.05, 0.1) is 12.1 Å². The van der Waals surface area contributed by atoms with E-state index in [0.717, 1.165) is 22.0 Å². The number of benzene rings is 1. The minimum Gasteiger partial charge on any atom is -0.370 e. The quantitative estimate of drug-likeness (QED) is 0.499. The summed E-state index contributed by atoms with van der Waals surface area (Å²) in [4.78, 5) is 8.65. The van der Waals surface area contributed by atoms with E-state index in [1.807, 2.05) is 37.3 Å². The molecule has 1 heterocycles. The van der Waals surface area contributed by atoms with Crippen LogP contribution in [0.2, 0.25) is 0 Å². The second-order valence-corrected chi connectivity index (χ2v) is 4.50. The van der Waals surface area contributed by atoms with Gasteiger partial charge in [0, 0.05) is 18.1 Å². The van der Waals surface area contributed by atoms with E-state index in [-0.39, 0.29) is 0 Å². The highest BCUT2D eigenvalue weighted by molar-refractivity contribution is 5.82. The van der Waals surface area contributed by atoms with Crippen LogP contribution in [-0.4, -0.2) is 17.5 Å². The number of hydrogen-bond acceptors (Lipinski definition) is 2. The summed E-state index contributed by atoms with van der Waals surface area (Å²) in [6, 6.07) is 9.98. The van der Waals surface area contributed by atoms with Crippen molar-refractivity contribution in [1.82, 2.24) is 10.3 Å². The zero-order valence-electron chi connectivity index (χ0n) is 11.1. The van der Waals surface area contributed by atoms with E-state index >= 15 is 0 Å². The molecule has 0 aliphatic carbocycles. The average Bonchev–Trinajstić information content (AvgIpc) is 2.42. The van der Waals surface area contributed by atoms with Crippen LogP contribution in [0.25, 0.3) is 10.9 Å². The Balaban J connectivity index is 2.13. The molecule has 0 amide bonds. The van der Waals surface area contributed by atoms with Crippen molar-refractivity contribution in [2.24, 2.45) is 10.7 Å². The van der Waals surface area contributed by atoms with Crippen LogP contribution in [0.1, 0.15) is 12.5 Å². The fraction of sp³-hybridized carbons (Fsp3) is 0.200. The van der Waals surface area contributed by atoms with Gasteiger partial charge >= 0.3 is 0 Å². The average molecular weight is 254 g/mol. The van der Waals surface area contributed by atoms with Crippen molar-refractivity contribution < 1.29 is 0 Å². The highest BCUT2D eigenvalue weighted by atomic mass is 15.1. The second kappa shape index (κ2) is 6.00. The first-order chi connectivity index (χ1) is 9.16. The highest BCUT2D eigenvalue weighted by Gasteiger charge is 2.00. The maximum Gasteiger partial charge on any atom is 0.189 e. The number of nitrogens with zero attached hydrogens (tertiary/aromatic N) is 2. The number of fused-ring (bicyclic) bond motifs is 1. The maximum atomic E-state index is 5.80. The van der Waals surface area contributed by atoms with Crippen LogP contribution < -0.4 is 11.1 Å². The second-order valence-electron chi connectivity index (χ2n) is 4.50. The molecule has 0 saturated heterocycles. The SMILES string of the molecule is C=C(C)CNC(N)=NCc1ccnc2ccccc12. The van der Waals surface area contributed by atoms with E-state index in [0.29, 0.717) is 19.0 Å². The van der Waals surface area contributed by atoms with E-state index in [9.17, 15) is 0 Å². The summed E-state index contributed by atoms with van der Waals surface area (Å²) in [5.41, 5.74) is 8.91. The molecule has 3 N–H and O–H groups in total. The lowest BCUT2D eigenvalue weighted by atomic mass is 10.1. The fourth-order valence-corrected chi connectivity index (χ4v) is 1.76. The normalized spacial score (nSPS) is 11.5. The molecule has 1 aromatic heterocycles. The van der Waals surface area contributed by atoms with Gasteiger partial charge in [0.1, 0.15) is 0 Å². The lowest BCUT2D eigenvalue weighted by Crippen LogP contribution is -2.32. The van der Waals surface area contributed by atoms with E-state index in [4.69, 9.17) is 5.73 Å². The molecule has 4 heteroatoms. The van der Waals surface area contributed by atoms with Crippen LogP contribution in [0.5, 0.6) is 0 Å².